The monoisotopic (exact) mass is 151 g/mol. The molecular weight excluding hydrogens is 147 g/mol. The van der Waals surface area contributed by atoms with Crippen LogP contribution in [0.25, 0.3) is 0 Å². The molecule has 4 heteroatoms. The van der Waals surface area contributed by atoms with Crippen molar-refractivity contribution >= 4 is 42.1 Å². The van der Waals surface area contributed by atoms with E-state index in [1.807, 2.05) is 0 Å². The van der Waals surface area contributed by atoms with E-state index < -0.39 is 18.2 Å². The van der Waals surface area contributed by atoms with Crippen molar-refractivity contribution in [2.24, 2.45) is 0 Å². The molecule has 0 N–H and O–H groups in total. The molecular formula is C3H5Cl2MgO. The Hall–Kier alpha value is 1.02. The van der Waals surface area contributed by atoms with E-state index >= 15 is 0 Å². The quantitative estimate of drug-likeness (QED) is 0.480. The molecule has 39 valence electrons. The van der Waals surface area contributed by atoms with Crippen LogP contribution in [0, 0.1) is 6.92 Å². The Labute approximate surface area is 60.6 Å². The first-order valence-electron chi connectivity index (χ1n) is 1.59. The minimum atomic E-state index is -0.639. The van der Waals surface area contributed by atoms with Crippen LogP contribution in [0.5, 0.6) is 0 Å². The second kappa shape index (κ2) is 10.1. The van der Waals surface area contributed by atoms with Crippen LogP contribution in [0.15, 0.2) is 0 Å². The Balaban J connectivity index is 0. The summed E-state index contributed by atoms with van der Waals surface area (Å²) in [4.78, 5) is 9.33. The third-order valence-corrected chi connectivity index (χ3v) is 0. The lowest BCUT2D eigenvalue weighted by Crippen LogP contribution is -1.70. The second-order valence-corrected chi connectivity index (χ2v) is 3.43. The molecule has 0 aliphatic carbocycles. The van der Waals surface area contributed by atoms with Gasteiger partial charge >= 0.3 is 18.2 Å². The number of rotatable bonds is 0. The highest BCUT2D eigenvalue weighted by atomic mass is 35.6. The van der Waals surface area contributed by atoms with Crippen molar-refractivity contribution in [3.8, 4) is 0 Å². The summed E-state index contributed by atoms with van der Waals surface area (Å²) in [6.07, 6.45) is 0. The maximum Gasteiger partial charge on any atom is 0.618 e. The van der Waals surface area contributed by atoms with Crippen LogP contribution < -0.4 is 0 Å². The first-order chi connectivity index (χ1) is 3.15. The molecule has 0 aliphatic rings. The summed E-state index contributed by atoms with van der Waals surface area (Å²) in [5.41, 5.74) is 0. The van der Waals surface area contributed by atoms with E-state index in [0.717, 1.165) is 0 Å². The van der Waals surface area contributed by atoms with Crippen molar-refractivity contribution in [1.29, 1.82) is 0 Å². The van der Waals surface area contributed by atoms with Crippen LogP contribution in [0.2, 0.25) is 0 Å². The van der Waals surface area contributed by atoms with Crippen LogP contribution >= 0.6 is 18.1 Å². The van der Waals surface area contributed by atoms with Crippen molar-refractivity contribution in [3.63, 3.8) is 0 Å². The zero-order valence-electron chi connectivity index (χ0n) is 4.08. The van der Waals surface area contributed by atoms with E-state index in [2.05, 4.69) is 6.92 Å². The molecule has 0 aromatic heterocycles. The molecule has 0 atom stereocenters. The van der Waals surface area contributed by atoms with Gasteiger partial charge in [0.25, 0.3) is 0 Å². The number of carbonyl (C=O) groups excluding carboxylic acids is 1. The van der Waals surface area contributed by atoms with Gasteiger partial charge < -0.3 is 22.9 Å². The molecule has 0 rings (SSSR count). The van der Waals surface area contributed by atoms with Gasteiger partial charge in [0.15, 0.2) is 0 Å². The molecule has 1 radical (unpaired) electrons. The molecule has 0 bridgehead atoms. The Kier molecular flexibility index (Phi) is 15.7. The van der Waals surface area contributed by atoms with E-state index in [-0.39, 0.29) is 5.78 Å². The van der Waals surface area contributed by atoms with Gasteiger partial charge in [-0.1, -0.05) is 0 Å². The number of hydrogen-bond donors (Lipinski definition) is 0. The first-order valence-corrected chi connectivity index (χ1v) is 5.87. The molecule has 0 aromatic rings. The van der Waals surface area contributed by atoms with Gasteiger partial charge in [0.2, 0.25) is 0 Å². The highest BCUT2D eigenvalue weighted by molar-refractivity contribution is 7.22. The molecule has 0 saturated carbocycles. The van der Waals surface area contributed by atoms with Crippen molar-refractivity contribution < 1.29 is 4.79 Å². The molecule has 7 heavy (non-hydrogen) atoms. The van der Waals surface area contributed by atoms with Crippen molar-refractivity contribution in [2.45, 2.75) is 6.92 Å². The van der Waals surface area contributed by atoms with E-state index in [1.54, 1.807) is 0 Å². The molecule has 0 aliphatic heterocycles. The third-order valence-electron chi connectivity index (χ3n) is 0. The first kappa shape index (κ1) is 10.9. The van der Waals surface area contributed by atoms with Gasteiger partial charge in [-0.3, -0.25) is 0 Å². The highest BCUT2D eigenvalue weighted by Crippen LogP contribution is 1.67. The number of hydrogen-bond acceptors (Lipinski definition) is 1. The van der Waals surface area contributed by atoms with Crippen LogP contribution in [-0.4, -0.2) is 23.9 Å². The van der Waals surface area contributed by atoms with Crippen molar-refractivity contribution in [1.82, 2.24) is 0 Å². The summed E-state index contributed by atoms with van der Waals surface area (Å²) >= 11 is -0.639. The van der Waals surface area contributed by atoms with Crippen molar-refractivity contribution in [3.05, 3.63) is 6.92 Å². The zero-order chi connectivity index (χ0) is 6.28. The molecule has 1 nitrogen and oxygen atoms in total. The van der Waals surface area contributed by atoms with Crippen LogP contribution in [-0.2, 0) is 4.79 Å². The smallest absolute Gasteiger partial charge is 0.309 e. The van der Waals surface area contributed by atoms with Gasteiger partial charge in [0.1, 0.15) is 5.78 Å². The van der Waals surface area contributed by atoms with Gasteiger partial charge in [0.05, 0.1) is 0 Å². The topological polar surface area (TPSA) is 17.1 Å². The average Bonchev–Trinajstić information content (AvgIpc) is 1.33. The van der Waals surface area contributed by atoms with Gasteiger partial charge in [0, 0.05) is 6.92 Å². The van der Waals surface area contributed by atoms with E-state index in [9.17, 15) is 4.79 Å². The fourth-order valence-corrected chi connectivity index (χ4v) is 0. The average molecular weight is 152 g/mol. The van der Waals surface area contributed by atoms with E-state index in [0.29, 0.717) is 0 Å². The van der Waals surface area contributed by atoms with Gasteiger partial charge in [-0.05, 0) is 6.92 Å². The molecule has 0 amide bonds. The Morgan fingerprint density at radius 1 is 1.71 bits per heavy atom. The second-order valence-electron chi connectivity index (χ2n) is 0.803. The summed E-state index contributed by atoms with van der Waals surface area (Å²) < 4.78 is 0. The number of Topliss-reactive ketones (excluding diaryl/α,β-unsaturated/α-hetero) is 1. The van der Waals surface area contributed by atoms with Crippen LogP contribution in [0.1, 0.15) is 6.92 Å². The zero-order valence-corrected chi connectivity index (χ0v) is 7.00. The molecule has 0 heterocycles. The minimum absolute atomic E-state index is 0.0833. The van der Waals surface area contributed by atoms with Gasteiger partial charge in [-0.15, -0.1) is 0 Å². The van der Waals surface area contributed by atoms with Crippen LogP contribution in [0.3, 0.4) is 0 Å². The SMILES string of the molecule is [CH2]C(C)=O.[Cl][Mg][Cl]. The molecule has 0 fully saturated rings. The predicted molar refractivity (Wildman–Crippen MR) is 33.5 cm³/mol. The Morgan fingerprint density at radius 3 is 1.71 bits per heavy atom. The standard InChI is InChI=1S/C3H5O.2ClH.Mg/c1-3(2)4;;;/h1H2,2H3;2*1H;/q;;;+2/p-2. The van der Waals surface area contributed by atoms with E-state index in [1.165, 1.54) is 6.92 Å². The third kappa shape index (κ3) is 171. The van der Waals surface area contributed by atoms with Crippen molar-refractivity contribution in [2.75, 3.05) is 0 Å². The van der Waals surface area contributed by atoms with E-state index in [4.69, 9.17) is 18.1 Å². The summed E-state index contributed by atoms with van der Waals surface area (Å²) in [5, 5.41) is 0. The fraction of sp³-hybridized carbons (Fsp3) is 0.333. The maximum absolute atomic E-state index is 9.33. The summed E-state index contributed by atoms with van der Waals surface area (Å²) in [6.45, 7) is 4.42. The number of ketones is 1. The fourth-order valence-electron chi connectivity index (χ4n) is 0. The predicted octanol–water partition coefficient (Wildman–Crippen LogP) is 1.41. The molecule has 0 spiro atoms. The maximum atomic E-state index is 9.33. The lowest BCUT2D eigenvalue weighted by atomic mass is 10.6. The molecule has 0 aromatic carbocycles. The number of carbonyl (C=O) groups is 1. The Morgan fingerprint density at radius 2 is 1.71 bits per heavy atom. The lowest BCUT2D eigenvalue weighted by molar-refractivity contribution is -0.112. The summed E-state index contributed by atoms with van der Waals surface area (Å²) in [5.74, 6) is -0.0833. The lowest BCUT2D eigenvalue weighted by Gasteiger charge is -1.55. The summed E-state index contributed by atoms with van der Waals surface area (Å²) in [7, 11) is 9.81. The van der Waals surface area contributed by atoms with Gasteiger partial charge in [-0.2, -0.15) is 0 Å². The minimum Gasteiger partial charge on any atom is -0.309 e. The Bertz CT molecular complexity index is 44.2. The van der Waals surface area contributed by atoms with Crippen LogP contribution in [0.4, 0.5) is 0 Å². The molecule has 0 saturated heterocycles. The molecule has 0 unspecified atom stereocenters. The largest absolute Gasteiger partial charge is 0.618 e. The van der Waals surface area contributed by atoms with Gasteiger partial charge in [-0.25, -0.2) is 0 Å². The highest BCUT2D eigenvalue weighted by Gasteiger charge is 1.64. The number of halogens is 2. The summed E-state index contributed by atoms with van der Waals surface area (Å²) in [6, 6.07) is 0. The normalized spacial score (nSPS) is 5.14.